The van der Waals surface area contributed by atoms with Gasteiger partial charge in [0, 0.05) is 36.4 Å². The Morgan fingerprint density at radius 2 is 1.76 bits per heavy atom. The van der Waals surface area contributed by atoms with Crippen molar-refractivity contribution < 1.29 is 0 Å². The van der Waals surface area contributed by atoms with E-state index >= 15 is 0 Å². The number of benzene rings is 2. The first kappa shape index (κ1) is 15.6. The maximum atomic E-state index is 4.66. The Balaban J connectivity index is 1.36. The van der Waals surface area contributed by atoms with Crippen molar-refractivity contribution >= 4 is 16.5 Å². The number of rotatable bonds is 6. The van der Waals surface area contributed by atoms with Gasteiger partial charge < -0.3 is 9.88 Å². The molecule has 0 amide bonds. The lowest BCUT2D eigenvalue weighted by Gasteiger charge is -2.06. The summed E-state index contributed by atoms with van der Waals surface area (Å²) in [5, 5.41) is 6.44. The summed E-state index contributed by atoms with van der Waals surface area (Å²) >= 11 is 1.64. The van der Waals surface area contributed by atoms with E-state index in [1.54, 1.807) is 17.5 Å². The molecule has 0 saturated heterocycles. The molecule has 1 N–H and O–H groups in total. The van der Waals surface area contributed by atoms with Gasteiger partial charge in [-0.25, -0.2) is 9.97 Å². The molecule has 0 aliphatic heterocycles. The lowest BCUT2D eigenvalue weighted by molar-refractivity contribution is 0.797. The van der Waals surface area contributed by atoms with Crippen LogP contribution in [0.1, 0.15) is 11.1 Å². The van der Waals surface area contributed by atoms with E-state index in [4.69, 9.17) is 0 Å². The Morgan fingerprint density at radius 3 is 2.52 bits per heavy atom. The molecule has 124 valence electrons. The first-order valence-corrected chi connectivity index (χ1v) is 9.03. The lowest BCUT2D eigenvalue weighted by Crippen LogP contribution is -2.00. The van der Waals surface area contributed by atoms with E-state index in [1.165, 1.54) is 11.1 Å². The van der Waals surface area contributed by atoms with Gasteiger partial charge in [-0.05, 0) is 11.1 Å². The average molecular weight is 346 g/mol. The Kier molecular flexibility index (Phi) is 4.57. The third kappa shape index (κ3) is 3.95. The van der Waals surface area contributed by atoms with Gasteiger partial charge in [0.1, 0.15) is 0 Å². The molecule has 2 aromatic carbocycles. The maximum absolute atomic E-state index is 4.66. The minimum absolute atomic E-state index is 0.771. The molecule has 2 aromatic heterocycles. The highest BCUT2D eigenvalue weighted by Gasteiger charge is 2.04. The second kappa shape index (κ2) is 7.32. The normalized spacial score (nSPS) is 10.7. The van der Waals surface area contributed by atoms with Crippen LogP contribution in [-0.4, -0.2) is 14.5 Å². The van der Waals surface area contributed by atoms with Crippen LogP contribution in [0.2, 0.25) is 0 Å². The highest BCUT2D eigenvalue weighted by atomic mass is 32.1. The molecule has 0 spiro atoms. The Labute approximate surface area is 150 Å². The smallest absolute Gasteiger partial charge is 0.183 e. The fourth-order valence-electron chi connectivity index (χ4n) is 2.63. The molecule has 0 aliphatic carbocycles. The highest BCUT2D eigenvalue weighted by molar-refractivity contribution is 7.14. The Hall–Kier alpha value is -2.92. The first-order valence-electron chi connectivity index (χ1n) is 8.15. The van der Waals surface area contributed by atoms with E-state index in [0.29, 0.717) is 0 Å². The second-order valence-corrected chi connectivity index (χ2v) is 6.67. The third-order valence-electron chi connectivity index (χ3n) is 3.96. The second-order valence-electron chi connectivity index (χ2n) is 5.81. The summed E-state index contributed by atoms with van der Waals surface area (Å²) < 4.78 is 2.06. The lowest BCUT2D eigenvalue weighted by atomic mass is 10.1. The molecule has 0 saturated carbocycles. The van der Waals surface area contributed by atoms with Crippen molar-refractivity contribution in [3.05, 3.63) is 89.8 Å². The van der Waals surface area contributed by atoms with Crippen LogP contribution < -0.4 is 5.32 Å². The van der Waals surface area contributed by atoms with Crippen molar-refractivity contribution in [2.24, 2.45) is 0 Å². The van der Waals surface area contributed by atoms with Crippen LogP contribution in [0, 0.1) is 0 Å². The summed E-state index contributed by atoms with van der Waals surface area (Å²) in [4.78, 5) is 8.73. The number of anilines is 1. The molecule has 2 heterocycles. The predicted octanol–water partition coefficient (Wildman–Crippen LogP) is 4.67. The van der Waals surface area contributed by atoms with Gasteiger partial charge in [-0.15, -0.1) is 11.3 Å². The minimum Gasteiger partial charge on any atom is -0.357 e. The van der Waals surface area contributed by atoms with Crippen LogP contribution in [0.25, 0.3) is 11.3 Å². The number of nitrogens with one attached hydrogen (secondary N) is 1. The van der Waals surface area contributed by atoms with Crippen LogP contribution in [0.4, 0.5) is 5.13 Å². The van der Waals surface area contributed by atoms with Gasteiger partial charge in [-0.1, -0.05) is 54.6 Å². The van der Waals surface area contributed by atoms with Crippen molar-refractivity contribution in [1.82, 2.24) is 14.5 Å². The van der Waals surface area contributed by atoms with Gasteiger partial charge in [-0.2, -0.15) is 0 Å². The molecule has 5 heteroatoms. The van der Waals surface area contributed by atoms with Gasteiger partial charge in [0.05, 0.1) is 12.0 Å². The highest BCUT2D eigenvalue weighted by Crippen LogP contribution is 2.24. The average Bonchev–Trinajstić information content (AvgIpc) is 3.34. The third-order valence-corrected chi connectivity index (χ3v) is 4.76. The summed E-state index contributed by atoms with van der Waals surface area (Å²) in [6, 6.07) is 18.9. The zero-order valence-electron chi connectivity index (χ0n) is 13.7. The number of nitrogens with zero attached hydrogens (tertiary/aromatic N) is 3. The zero-order chi connectivity index (χ0) is 16.9. The fraction of sp³-hybridized carbons (Fsp3) is 0.100. The topological polar surface area (TPSA) is 42.7 Å². The quantitative estimate of drug-likeness (QED) is 0.552. The van der Waals surface area contributed by atoms with Crippen LogP contribution >= 0.6 is 11.3 Å². The first-order chi connectivity index (χ1) is 12.4. The number of aromatic nitrogens is 3. The molecule has 0 atom stereocenters. The van der Waals surface area contributed by atoms with Crippen LogP contribution in [0.3, 0.4) is 0 Å². The largest absolute Gasteiger partial charge is 0.357 e. The van der Waals surface area contributed by atoms with Crippen molar-refractivity contribution in [3.8, 4) is 11.3 Å². The van der Waals surface area contributed by atoms with E-state index in [2.05, 4.69) is 61.6 Å². The van der Waals surface area contributed by atoms with E-state index in [9.17, 15) is 0 Å². The Morgan fingerprint density at radius 1 is 0.960 bits per heavy atom. The van der Waals surface area contributed by atoms with Crippen molar-refractivity contribution in [2.75, 3.05) is 5.32 Å². The zero-order valence-corrected chi connectivity index (χ0v) is 14.5. The van der Waals surface area contributed by atoms with Crippen LogP contribution in [0.15, 0.2) is 78.7 Å². The summed E-state index contributed by atoms with van der Waals surface area (Å²) in [6.07, 6.45) is 5.61. The van der Waals surface area contributed by atoms with E-state index < -0.39 is 0 Å². The van der Waals surface area contributed by atoms with Crippen molar-refractivity contribution in [1.29, 1.82) is 0 Å². The molecule has 0 fully saturated rings. The maximum Gasteiger partial charge on any atom is 0.183 e. The van der Waals surface area contributed by atoms with E-state index in [-0.39, 0.29) is 0 Å². The van der Waals surface area contributed by atoms with E-state index in [1.807, 2.05) is 30.7 Å². The summed E-state index contributed by atoms with van der Waals surface area (Å²) in [5.41, 5.74) is 4.67. The predicted molar refractivity (Wildman–Crippen MR) is 103 cm³/mol. The Bertz CT molecular complexity index is 912. The van der Waals surface area contributed by atoms with Gasteiger partial charge in [0.15, 0.2) is 5.13 Å². The van der Waals surface area contributed by atoms with Crippen LogP contribution in [-0.2, 0) is 13.1 Å². The van der Waals surface area contributed by atoms with Gasteiger partial charge >= 0.3 is 0 Å². The summed E-state index contributed by atoms with van der Waals surface area (Å²) in [6.45, 7) is 1.62. The fourth-order valence-corrected chi connectivity index (χ4v) is 3.35. The molecule has 4 aromatic rings. The molecule has 4 rings (SSSR count). The number of thiazole rings is 1. The number of imidazole rings is 1. The van der Waals surface area contributed by atoms with Crippen LogP contribution in [0.5, 0.6) is 0 Å². The summed E-state index contributed by atoms with van der Waals surface area (Å²) in [5.74, 6) is 0. The monoisotopic (exact) mass is 346 g/mol. The molecule has 0 radical (unpaired) electrons. The molecule has 25 heavy (non-hydrogen) atoms. The van der Waals surface area contributed by atoms with Crippen molar-refractivity contribution in [2.45, 2.75) is 13.1 Å². The van der Waals surface area contributed by atoms with Gasteiger partial charge in [0.25, 0.3) is 0 Å². The standard InChI is InChI=1S/C20H18N4S/c1-2-4-18(5-3-1)19-14-25-20(23-19)22-12-16-6-8-17(9-7-16)13-24-11-10-21-15-24/h1-11,14-15H,12-13H2,(H,22,23). The number of hydrogen-bond acceptors (Lipinski definition) is 4. The number of hydrogen-bond donors (Lipinski definition) is 1. The molecular formula is C20H18N4S. The van der Waals surface area contributed by atoms with Gasteiger partial charge in [-0.3, -0.25) is 0 Å². The van der Waals surface area contributed by atoms with Gasteiger partial charge in [0.2, 0.25) is 0 Å². The summed E-state index contributed by atoms with van der Waals surface area (Å²) in [7, 11) is 0. The molecule has 0 unspecified atom stereocenters. The molecular weight excluding hydrogens is 328 g/mol. The van der Waals surface area contributed by atoms with E-state index in [0.717, 1.165) is 29.5 Å². The minimum atomic E-state index is 0.771. The molecule has 0 bridgehead atoms. The molecule has 0 aliphatic rings. The molecule has 4 nitrogen and oxygen atoms in total. The SMILES string of the molecule is c1ccc(-c2csc(NCc3ccc(Cn4ccnc4)cc3)n2)cc1. The van der Waals surface area contributed by atoms with Crippen molar-refractivity contribution in [3.63, 3.8) is 0 Å².